The second kappa shape index (κ2) is 4.90. The number of rotatable bonds is 2. The Labute approximate surface area is 117 Å². The summed E-state index contributed by atoms with van der Waals surface area (Å²) < 4.78 is 0. The maximum Gasteiger partial charge on any atom is 0.246 e. The molecule has 0 saturated carbocycles. The fourth-order valence-electron chi connectivity index (χ4n) is 3.09. The number of carbonyl (C=O) groups excluding carboxylic acids is 2. The summed E-state index contributed by atoms with van der Waals surface area (Å²) in [6.45, 7) is 0. The Morgan fingerprint density at radius 3 is 2.75 bits per heavy atom. The molecule has 2 unspecified atom stereocenters. The lowest BCUT2D eigenvalue weighted by Crippen LogP contribution is -2.52. The molecule has 0 radical (unpaired) electrons. The molecule has 5 heteroatoms. The number of imide groups is 1. The molecule has 1 heterocycles. The zero-order chi connectivity index (χ0) is 14.3. The molecule has 5 nitrogen and oxygen atoms in total. The van der Waals surface area contributed by atoms with Crippen molar-refractivity contribution in [1.29, 1.82) is 0 Å². The largest absolute Gasteiger partial charge is 0.508 e. The van der Waals surface area contributed by atoms with Gasteiger partial charge in [0.05, 0.1) is 6.04 Å². The van der Waals surface area contributed by atoms with Gasteiger partial charge in [0.15, 0.2) is 0 Å². The number of likely N-dealkylation sites (tertiary alicyclic amines) is 1. The molecule has 2 atom stereocenters. The molecule has 1 aromatic carbocycles. The summed E-state index contributed by atoms with van der Waals surface area (Å²) in [6.07, 6.45) is 2.79. The van der Waals surface area contributed by atoms with Gasteiger partial charge in [-0.1, -0.05) is 6.07 Å². The first-order chi connectivity index (χ1) is 9.56. The van der Waals surface area contributed by atoms with Crippen molar-refractivity contribution >= 4 is 11.8 Å². The lowest BCUT2D eigenvalue weighted by molar-refractivity contribution is -0.148. The number of aryl methyl sites for hydroxylation is 1. The van der Waals surface area contributed by atoms with Gasteiger partial charge in [-0.3, -0.25) is 19.8 Å². The van der Waals surface area contributed by atoms with Crippen LogP contribution in [-0.2, 0) is 16.0 Å². The van der Waals surface area contributed by atoms with Gasteiger partial charge in [0.2, 0.25) is 11.8 Å². The van der Waals surface area contributed by atoms with Gasteiger partial charge in [-0.2, -0.15) is 0 Å². The third kappa shape index (κ3) is 2.18. The number of nitrogens with one attached hydrogen (secondary N) is 1. The number of carbonyl (C=O) groups is 2. The third-order valence-electron chi connectivity index (χ3n) is 4.26. The van der Waals surface area contributed by atoms with E-state index < -0.39 is 0 Å². The number of hydrogen-bond donors (Lipinski definition) is 2. The van der Waals surface area contributed by atoms with Gasteiger partial charge < -0.3 is 5.11 Å². The number of phenols is 1. The summed E-state index contributed by atoms with van der Waals surface area (Å²) in [5.41, 5.74) is 2.28. The van der Waals surface area contributed by atoms with Gasteiger partial charge in [-0.05, 0) is 42.5 Å². The van der Waals surface area contributed by atoms with Gasteiger partial charge in [-0.25, -0.2) is 0 Å². The number of benzene rings is 1. The summed E-state index contributed by atoms with van der Waals surface area (Å²) >= 11 is 0. The Kier molecular flexibility index (Phi) is 3.22. The monoisotopic (exact) mass is 274 g/mol. The first-order valence-electron chi connectivity index (χ1n) is 6.94. The zero-order valence-electron chi connectivity index (χ0n) is 11.4. The Morgan fingerprint density at radius 2 is 1.95 bits per heavy atom. The van der Waals surface area contributed by atoms with Gasteiger partial charge in [0.25, 0.3) is 0 Å². The predicted molar refractivity (Wildman–Crippen MR) is 73.1 cm³/mol. The Hall–Kier alpha value is -1.88. The minimum Gasteiger partial charge on any atom is -0.508 e. The first-order valence-corrected chi connectivity index (χ1v) is 6.94. The number of phenolic OH excluding ortho intramolecular Hbond substituents is 1. The molecule has 2 N–H and O–H groups in total. The van der Waals surface area contributed by atoms with E-state index in [4.69, 9.17) is 0 Å². The van der Waals surface area contributed by atoms with E-state index in [0.717, 1.165) is 24.0 Å². The van der Waals surface area contributed by atoms with Crippen LogP contribution in [0.15, 0.2) is 18.2 Å². The van der Waals surface area contributed by atoms with E-state index in [0.29, 0.717) is 12.8 Å². The highest BCUT2D eigenvalue weighted by atomic mass is 16.3. The SMILES string of the molecule is CN1C(=O)CCC(NC2CCc3cc(O)ccc32)C1=O. The smallest absolute Gasteiger partial charge is 0.246 e. The van der Waals surface area contributed by atoms with Crippen LogP contribution in [0.1, 0.15) is 36.4 Å². The summed E-state index contributed by atoms with van der Waals surface area (Å²) in [5, 5.41) is 12.9. The number of fused-ring (bicyclic) bond motifs is 1. The molecule has 0 aromatic heterocycles. The average molecular weight is 274 g/mol. The lowest BCUT2D eigenvalue weighted by Gasteiger charge is -2.30. The maximum absolute atomic E-state index is 12.1. The van der Waals surface area contributed by atoms with Crippen molar-refractivity contribution in [2.75, 3.05) is 7.05 Å². The maximum atomic E-state index is 12.1. The van der Waals surface area contributed by atoms with E-state index in [1.807, 2.05) is 6.07 Å². The van der Waals surface area contributed by atoms with Gasteiger partial charge in [0, 0.05) is 19.5 Å². The minimum atomic E-state index is -0.289. The van der Waals surface area contributed by atoms with Gasteiger partial charge in [0.1, 0.15) is 5.75 Å². The molecule has 2 aliphatic rings. The quantitative estimate of drug-likeness (QED) is 0.793. The molecule has 20 heavy (non-hydrogen) atoms. The van der Waals surface area contributed by atoms with Crippen molar-refractivity contribution in [2.24, 2.45) is 0 Å². The van der Waals surface area contributed by atoms with Gasteiger partial charge >= 0.3 is 0 Å². The summed E-state index contributed by atoms with van der Waals surface area (Å²) in [6, 6.07) is 5.22. The number of aromatic hydroxyl groups is 1. The van der Waals surface area contributed by atoms with E-state index in [9.17, 15) is 14.7 Å². The van der Waals surface area contributed by atoms with Crippen LogP contribution in [0, 0.1) is 0 Å². The fourth-order valence-corrected chi connectivity index (χ4v) is 3.09. The van der Waals surface area contributed by atoms with Crippen molar-refractivity contribution in [2.45, 2.75) is 37.8 Å². The fraction of sp³-hybridized carbons (Fsp3) is 0.467. The van der Waals surface area contributed by atoms with Crippen LogP contribution in [0.2, 0.25) is 0 Å². The summed E-state index contributed by atoms with van der Waals surface area (Å²) in [7, 11) is 1.54. The van der Waals surface area contributed by atoms with Crippen LogP contribution in [0.4, 0.5) is 0 Å². The highest BCUT2D eigenvalue weighted by Gasteiger charge is 2.34. The number of nitrogens with zero attached hydrogens (tertiary/aromatic N) is 1. The van der Waals surface area contributed by atoms with Crippen molar-refractivity contribution in [1.82, 2.24) is 10.2 Å². The molecule has 0 bridgehead atoms. The van der Waals surface area contributed by atoms with Crippen molar-refractivity contribution in [3.8, 4) is 5.75 Å². The van der Waals surface area contributed by atoms with Crippen LogP contribution < -0.4 is 5.32 Å². The first kappa shape index (κ1) is 13.1. The van der Waals surface area contributed by atoms with Crippen LogP contribution in [0.5, 0.6) is 5.75 Å². The average Bonchev–Trinajstić information content (AvgIpc) is 2.82. The van der Waals surface area contributed by atoms with Crippen molar-refractivity contribution < 1.29 is 14.7 Å². The Morgan fingerprint density at radius 1 is 1.20 bits per heavy atom. The van der Waals surface area contributed by atoms with E-state index in [2.05, 4.69) is 5.32 Å². The topological polar surface area (TPSA) is 69.6 Å². The molecule has 1 aliphatic heterocycles. The lowest BCUT2D eigenvalue weighted by atomic mass is 10.0. The molecule has 1 aromatic rings. The normalized spacial score (nSPS) is 25.9. The van der Waals surface area contributed by atoms with Crippen LogP contribution >= 0.6 is 0 Å². The second-order valence-electron chi connectivity index (χ2n) is 5.52. The number of likely N-dealkylation sites (N-methyl/N-ethyl adjacent to an activating group) is 1. The second-order valence-corrected chi connectivity index (χ2v) is 5.52. The molecule has 1 aliphatic carbocycles. The van der Waals surface area contributed by atoms with Crippen molar-refractivity contribution in [3.05, 3.63) is 29.3 Å². The summed E-state index contributed by atoms with van der Waals surface area (Å²) in [5.74, 6) is 0.0294. The zero-order valence-corrected chi connectivity index (χ0v) is 11.4. The number of hydrogen-bond acceptors (Lipinski definition) is 4. The molecular formula is C15H18N2O3. The standard InChI is InChI=1S/C15H18N2O3/c1-17-14(19)7-6-13(15(17)20)16-12-5-2-9-8-10(18)3-4-11(9)12/h3-4,8,12-13,16,18H,2,5-7H2,1H3. The van der Waals surface area contributed by atoms with Gasteiger partial charge in [-0.15, -0.1) is 0 Å². The van der Waals surface area contributed by atoms with E-state index >= 15 is 0 Å². The van der Waals surface area contributed by atoms with E-state index in [-0.39, 0.29) is 29.6 Å². The predicted octanol–water partition coefficient (Wildman–Crippen LogP) is 1.12. The highest BCUT2D eigenvalue weighted by molar-refractivity contribution is 6.00. The van der Waals surface area contributed by atoms with Crippen molar-refractivity contribution in [3.63, 3.8) is 0 Å². The summed E-state index contributed by atoms with van der Waals surface area (Å²) in [4.78, 5) is 24.8. The molecule has 1 saturated heterocycles. The number of piperidine rings is 1. The molecule has 106 valence electrons. The third-order valence-corrected chi connectivity index (χ3v) is 4.26. The molecule has 3 rings (SSSR count). The Bertz CT molecular complexity index is 570. The number of amides is 2. The van der Waals surface area contributed by atoms with E-state index in [1.165, 1.54) is 4.90 Å². The van der Waals surface area contributed by atoms with E-state index in [1.54, 1.807) is 19.2 Å². The van der Waals surface area contributed by atoms with Crippen LogP contribution in [0.3, 0.4) is 0 Å². The highest BCUT2D eigenvalue weighted by Crippen LogP contribution is 2.34. The molecule has 1 fully saturated rings. The van der Waals surface area contributed by atoms with Crippen LogP contribution in [0.25, 0.3) is 0 Å². The minimum absolute atomic E-state index is 0.107. The molecule has 2 amide bonds. The Balaban J connectivity index is 1.74. The molecular weight excluding hydrogens is 256 g/mol. The molecule has 0 spiro atoms. The van der Waals surface area contributed by atoms with Crippen LogP contribution in [-0.4, -0.2) is 34.9 Å².